The van der Waals surface area contributed by atoms with Gasteiger partial charge in [0.2, 0.25) is 5.91 Å². The maximum atomic E-state index is 12.0. The van der Waals surface area contributed by atoms with Crippen molar-refractivity contribution < 1.29 is 18.0 Å². The van der Waals surface area contributed by atoms with Crippen molar-refractivity contribution in [2.24, 2.45) is 11.8 Å². The molecule has 0 heterocycles. The summed E-state index contributed by atoms with van der Waals surface area (Å²) in [6.45, 7) is 2.45. The molecule has 2 atom stereocenters. The first-order valence-electron chi connectivity index (χ1n) is 4.70. The van der Waals surface area contributed by atoms with Crippen LogP contribution in [0.15, 0.2) is 0 Å². The molecule has 0 aromatic heterocycles. The van der Waals surface area contributed by atoms with Gasteiger partial charge < -0.3 is 4.90 Å². The molecule has 0 spiro atoms. The minimum Gasteiger partial charge on any atom is -0.334 e. The topological polar surface area (TPSA) is 20.3 Å². The zero-order chi connectivity index (χ0) is 10.9. The second-order valence-electron chi connectivity index (χ2n) is 3.79. The minimum atomic E-state index is -4.29. The van der Waals surface area contributed by atoms with Crippen LogP contribution in [0.5, 0.6) is 0 Å². The van der Waals surface area contributed by atoms with Gasteiger partial charge in [-0.3, -0.25) is 4.79 Å². The van der Waals surface area contributed by atoms with E-state index in [9.17, 15) is 18.0 Å². The van der Waals surface area contributed by atoms with Gasteiger partial charge >= 0.3 is 6.18 Å². The molecule has 0 radical (unpaired) electrons. The van der Waals surface area contributed by atoms with Crippen molar-refractivity contribution >= 4 is 5.91 Å². The van der Waals surface area contributed by atoms with Crippen LogP contribution in [-0.4, -0.2) is 30.1 Å². The molecule has 82 valence electrons. The summed E-state index contributed by atoms with van der Waals surface area (Å²) in [6, 6.07) is 0. The molecule has 0 saturated heterocycles. The third kappa shape index (κ3) is 2.89. The molecular formula is C9H14F3NO. The highest BCUT2D eigenvalue weighted by Crippen LogP contribution is 2.39. The van der Waals surface area contributed by atoms with Crippen molar-refractivity contribution in [2.45, 2.75) is 26.4 Å². The Morgan fingerprint density at radius 1 is 1.50 bits per heavy atom. The molecule has 2 nitrogen and oxygen atoms in total. The lowest BCUT2D eigenvalue weighted by Crippen LogP contribution is -2.39. The molecule has 0 aromatic carbocycles. The normalized spacial score (nSPS) is 26.1. The standard InChI is InChI=1S/C9H14F3NO/c1-3-13(5-9(10,11)12)8(14)7-4-6(7)2/h6-7H,3-5H2,1-2H3. The first kappa shape index (κ1) is 11.3. The molecule has 1 amide bonds. The number of halogens is 3. The van der Waals surface area contributed by atoms with Crippen LogP contribution in [0.2, 0.25) is 0 Å². The fourth-order valence-electron chi connectivity index (χ4n) is 1.46. The summed E-state index contributed by atoms with van der Waals surface area (Å²) >= 11 is 0. The number of rotatable bonds is 3. The molecule has 14 heavy (non-hydrogen) atoms. The third-order valence-electron chi connectivity index (χ3n) is 2.49. The molecule has 1 fully saturated rings. The van der Waals surface area contributed by atoms with E-state index in [1.807, 2.05) is 6.92 Å². The Kier molecular flexibility index (Phi) is 3.07. The monoisotopic (exact) mass is 209 g/mol. The summed E-state index contributed by atoms with van der Waals surface area (Å²) in [6.07, 6.45) is -3.56. The summed E-state index contributed by atoms with van der Waals surface area (Å²) in [5.74, 6) is -0.264. The van der Waals surface area contributed by atoms with Crippen molar-refractivity contribution in [1.29, 1.82) is 0 Å². The van der Waals surface area contributed by atoms with Gasteiger partial charge in [0.05, 0.1) is 0 Å². The number of hydrogen-bond donors (Lipinski definition) is 0. The maximum Gasteiger partial charge on any atom is 0.406 e. The Morgan fingerprint density at radius 3 is 2.29 bits per heavy atom. The van der Waals surface area contributed by atoms with Gasteiger partial charge in [-0.05, 0) is 19.3 Å². The molecule has 1 aliphatic rings. The molecule has 0 aliphatic heterocycles. The van der Waals surface area contributed by atoms with Gasteiger partial charge in [-0.25, -0.2) is 0 Å². The second-order valence-corrected chi connectivity index (χ2v) is 3.79. The molecule has 0 bridgehead atoms. The Morgan fingerprint density at radius 2 is 2.00 bits per heavy atom. The number of nitrogens with zero attached hydrogens (tertiary/aromatic N) is 1. The number of amides is 1. The van der Waals surface area contributed by atoms with Gasteiger partial charge in [0.25, 0.3) is 0 Å². The van der Waals surface area contributed by atoms with Gasteiger partial charge in [-0.2, -0.15) is 13.2 Å². The van der Waals surface area contributed by atoms with Gasteiger partial charge in [0.1, 0.15) is 6.54 Å². The quantitative estimate of drug-likeness (QED) is 0.696. The van der Waals surface area contributed by atoms with E-state index in [0.717, 1.165) is 11.3 Å². The van der Waals surface area contributed by atoms with Crippen molar-refractivity contribution in [1.82, 2.24) is 4.90 Å². The number of carbonyl (C=O) groups excluding carboxylic acids is 1. The van der Waals surface area contributed by atoms with E-state index in [2.05, 4.69) is 0 Å². The van der Waals surface area contributed by atoms with Crippen LogP contribution in [-0.2, 0) is 4.79 Å². The van der Waals surface area contributed by atoms with Crippen molar-refractivity contribution in [3.8, 4) is 0 Å². The highest BCUT2D eigenvalue weighted by atomic mass is 19.4. The Balaban J connectivity index is 2.49. The van der Waals surface area contributed by atoms with Crippen LogP contribution >= 0.6 is 0 Å². The Bertz CT molecular complexity index is 227. The number of hydrogen-bond acceptors (Lipinski definition) is 1. The lowest BCUT2D eigenvalue weighted by molar-refractivity contribution is -0.161. The highest BCUT2D eigenvalue weighted by molar-refractivity contribution is 5.81. The molecular weight excluding hydrogens is 195 g/mol. The van der Waals surface area contributed by atoms with Gasteiger partial charge in [0.15, 0.2) is 0 Å². The first-order chi connectivity index (χ1) is 6.35. The van der Waals surface area contributed by atoms with Crippen molar-refractivity contribution in [3.63, 3.8) is 0 Å². The summed E-state index contributed by atoms with van der Waals surface area (Å²) in [4.78, 5) is 12.3. The van der Waals surface area contributed by atoms with Crippen LogP contribution in [0.1, 0.15) is 20.3 Å². The maximum absolute atomic E-state index is 12.0. The molecule has 1 rings (SSSR count). The number of carbonyl (C=O) groups is 1. The molecule has 1 aliphatic carbocycles. The summed E-state index contributed by atoms with van der Waals surface area (Å²) < 4.78 is 36.1. The van der Waals surface area contributed by atoms with E-state index in [1.54, 1.807) is 6.92 Å². The predicted octanol–water partition coefficient (Wildman–Crippen LogP) is 2.05. The zero-order valence-corrected chi connectivity index (χ0v) is 8.27. The summed E-state index contributed by atoms with van der Waals surface area (Å²) in [5.41, 5.74) is 0. The highest BCUT2D eigenvalue weighted by Gasteiger charge is 2.43. The van der Waals surface area contributed by atoms with Crippen LogP contribution in [0, 0.1) is 11.8 Å². The zero-order valence-electron chi connectivity index (χ0n) is 8.27. The molecule has 1 saturated carbocycles. The van der Waals surface area contributed by atoms with E-state index in [-0.39, 0.29) is 24.3 Å². The largest absolute Gasteiger partial charge is 0.406 e. The predicted molar refractivity (Wildman–Crippen MR) is 45.6 cm³/mol. The average molecular weight is 209 g/mol. The van der Waals surface area contributed by atoms with E-state index in [4.69, 9.17) is 0 Å². The fourth-order valence-corrected chi connectivity index (χ4v) is 1.46. The molecule has 0 aromatic rings. The summed E-state index contributed by atoms with van der Waals surface area (Å²) in [5, 5.41) is 0. The van der Waals surface area contributed by atoms with Crippen LogP contribution in [0.3, 0.4) is 0 Å². The van der Waals surface area contributed by atoms with Crippen LogP contribution < -0.4 is 0 Å². The van der Waals surface area contributed by atoms with E-state index >= 15 is 0 Å². The van der Waals surface area contributed by atoms with Gasteiger partial charge in [-0.15, -0.1) is 0 Å². The average Bonchev–Trinajstić information content (AvgIpc) is 2.75. The second kappa shape index (κ2) is 3.79. The van der Waals surface area contributed by atoms with Gasteiger partial charge in [-0.1, -0.05) is 6.92 Å². The van der Waals surface area contributed by atoms with Crippen molar-refractivity contribution in [2.75, 3.05) is 13.1 Å². The first-order valence-corrected chi connectivity index (χ1v) is 4.70. The SMILES string of the molecule is CCN(CC(F)(F)F)C(=O)C1CC1C. The molecule has 5 heteroatoms. The molecule has 0 N–H and O–H groups in total. The third-order valence-corrected chi connectivity index (χ3v) is 2.49. The molecule has 2 unspecified atom stereocenters. The van der Waals surface area contributed by atoms with Gasteiger partial charge in [0, 0.05) is 12.5 Å². The Labute approximate surface area is 81.1 Å². The van der Waals surface area contributed by atoms with Crippen LogP contribution in [0.25, 0.3) is 0 Å². The van der Waals surface area contributed by atoms with E-state index in [0.29, 0.717) is 0 Å². The fraction of sp³-hybridized carbons (Fsp3) is 0.889. The van der Waals surface area contributed by atoms with Crippen LogP contribution in [0.4, 0.5) is 13.2 Å². The van der Waals surface area contributed by atoms with Crippen molar-refractivity contribution in [3.05, 3.63) is 0 Å². The number of alkyl halides is 3. The lowest BCUT2D eigenvalue weighted by Gasteiger charge is -2.22. The summed E-state index contributed by atoms with van der Waals surface area (Å²) in [7, 11) is 0. The Hall–Kier alpha value is -0.740. The van der Waals surface area contributed by atoms with E-state index < -0.39 is 12.7 Å². The minimum absolute atomic E-state index is 0.127. The smallest absolute Gasteiger partial charge is 0.334 e. The lowest BCUT2D eigenvalue weighted by atomic mass is 10.3. The van der Waals surface area contributed by atoms with E-state index in [1.165, 1.54) is 0 Å².